The van der Waals surface area contributed by atoms with Gasteiger partial charge >= 0.3 is 0 Å². The van der Waals surface area contributed by atoms with Crippen LogP contribution in [0.3, 0.4) is 0 Å². The summed E-state index contributed by atoms with van der Waals surface area (Å²) in [7, 11) is -4.20. The van der Waals surface area contributed by atoms with Crippen LogP contribution in [0.25, 0.3) is 0 Å². The number of aryl methyl sites for hydroxylation is 1. The highest BCUT2D eigenvalue weighted by Crippen LogP contribution is 2.27. The van der Waals surface area contributed by atoms with E-state index in [9.17, 15) is 18.3 Å². The van der Waals surface area contributed by atoms with Crippen LogP contribution in [0, 0.1) is 0 Å². The number of benzene rings is 2. The second-order valence-electron chi connectivity index (χ2n) is 6.45. The van der Waals surface area contributed by atoms with Crippen LogP contribution in [0.15, 0.2) is 77.7 Å². The van der Waals surface area contributed by atoms with Crippen molar-refractivity contribution in [3.63, 3.8) is 0 Å². The minimum atomic E-state index is -4.20. The number of pyridine rings is 1. The normalized spacial score (nSPS) is 11.6. The van der Waals surface area contributed by atoms with E-state index in [1.807, 2.05) is 60.7 Å². The Labute approximate surface area is 168 Å². The number of rotatable bonds is 8. The molecule has 0 spiro atoms. The number of nitrogens with zero attached hydrogens (tertiary/aromatic N) is 1. The summed E-state index contributed by atoms with van der Waals surface area (Å²) in [5, 5.41) is 9.49. The number of ether oxygens (including phenoxy) is 1. The zero-order chi connectivity index (χ0) is 20.9. The number of aliphatic hydroxyl groups is 1. The van der Waals surface area contributed by atoms with Crippen molar-refractivity contribution in [3.8, 4) is 5.75 Å². The van der Waals surface area contributed by atoms with Crippen LogP contribution in [-0.4, -0.2) is 28.4 Å². The summed E-state index contributed by atoms with van der Waals surface area (Å²) < 4.78 is 38.6. The first-order chi connectivity index (χ1) is 13.9. The highest BCUT2D eigenvalue weighted by atomic mass is 32.2. The van der Waals surface area contributed by atoms with Gasteiger partial charge in [-0.15, -0.1) is 0 Å². The Kier molecular flexibility index (Phi) is 6.48. The SMILES string of the molecule is O=c1cc(CO)n(CCS(=O)(=O)O)cc1OC(c1ccccc1)c1ccccc1. The van der Waals surface area contributed by atoms with Crippen LogP contribution in [0.5, 0.6) is 5.75 Å². The second kappa shape index (κ2) is 9.04. The maximum absolute atomic E-state index is 12.5. The molecular weight excluding hydrogens is 394 g/mol. The summed E-state index contributed by atoms with van der Waals surface area (Å²) in [6.07, 6.45) is 0.804. The fourth-order valence-electron chi connectivity index (χ4n) is 2.95. The summed E-state index contributed by atoms with van der Waals surface area (Å²) in [5.74, 6) is -0.543. The molecular formula is C21H21NO6S. The van der Waals surface area contributed by atoms with Gasteiger partial charge in [-0.2, -0.15) is 8.42 Å². The van der Waals surface area contributed by atoms with Crippen molar-refractivity contribution in [2.45, 2.75) is 19.3 Å². The molecule has 0 saturated heterocycles. The lowest BCUT2D eigenvalue weighted by molar-refractivity contribution is 0.239. The molecule has 29 heavy (non-hydrogen) atoms. The molecule has 3 aromatic rings. The molecule has 0 aliphatic rings. The van der Waals surface area contributed by atoms with Gasteiger partial charge in [-0.1, -0.05) is 60.7 Å². The fraction of sp³-hybridized carbons (Fsp3) is 0.190. The molecule has 0 radical (unpaired) electrons. The molecule has 0 aliphatic carbocycles. The van der Waals surface area contributed by atoms with Crippen molar-refractivity contribution in [1.29, 1.82) is 0 Å². The summed E-state index contributed by atoms with van der Waals surface area (Å²) >= 11 is 0. The van der Waals surface area contributed by atoms with Gasteiger partial charge in [0.1, 0.15) is 6.10 Å². The van der Waals surface area contributed by atoms with E-state index in [1.165, 1.54) is 16.8 Å². The van der Waals surface area contributed by atoms with Gasteiger partial charge < -0.3 is 14.4 Å². The van der Waals surface area contributed by atoms with Crippen LogP contribution >= 0.6 is 0 Å². The molecule has 3 rings (SSSR count). The van der Waals surface area contributed by atoms with Gasteiger partial charge in [0.15, 0.2) is 5.75 Å². The second-order valence-corrected chi connectivity index (χ2v) is 8.02. The molecule has 7 nitrogen and oxygen atoms in total. The molecule has 0 fully saturated rings. The minimum absolute atomic E-state index is 0.00949. The topological polar surface area (TPSA) is 106 Å². The van der Waals surface area contributed by atoms with E-state index in [-0.39, 0.29) is 18.0 Å². The largest absolute Gasteiger partial charge is 0.475 e. The zero-order valence-corrected chi connectivity index (χ0v) is 16.3. The molecule has 0 unspecified atom stereocenters. The van der Waals surface area contributed by atoms with Crippen molar-refractivity contribution in [1.82, 2.24) is 4.57 Å². The minimum Gasteiger partial charge on any atom is -0.475 e. The fourth-order valence-corrected chi connectivity index (χ4v) is 3.38. The number of aliphatic hydroxyl groups excluding tert-OH is 1. The third-order valence-corrected chi connectivity index (χ3v) is 5.08. The third-order valence-electron chi connectivity index (χ3n) is 4.38. The first kappa shape index (κ1) is 20.8. The van der Waals surface area contributed by atoms with Crippen LogP contribution in [0.2, 0.25) is 0 Å². The lowest BCUT2D eigenvalue weighted by atomic mass is 10.0. The Balaban J connectivity index is 2.00. The molecule has 0 saturated carbocycles. The molecule has 0 bridgehead atoms. The van der Waals surface area contributed by atoms with Gasteiger partial charge in [-0.3, -0.25) is 9.35 Å². The first-order valence-corrected chi connectivity index (χ1v) is 10.5. The van der Waals surface area contributed by atoms with E-state index in [4.69, 9.17) is 9.29 Å². The summed E-state index contributed by atoms with van der Waals surface area (Å²) in [5.41, 5.74) is 1.47. The van der Waals surface area contributed by atoms with Crippen LogP contribution in [0.4, 0.5) is 0 Å². The molecule has 1 aromatic heterocycles. The maximum Gasteiger partial charge on any atom is 0.266 e. The smallest absolute Gasteiger partial charge is 0.266 e. The van der Waals surface area contributed by atoms with E-state index in [0.29, 0.717) is 0 Å². The molecule has 2 N–H and O–H groups in total. The standard InChI is InChI=1S/C21H21NO6S/c23-15-18-13-19(24)20(14-22(18)11-12-29(25,26)27)28-21(16-7-3-1-4-8-16)17-9-5-2-6-10-17/h1-10,13-14,21,23H,11-12,15H2,(H,25,26,27). The van der Waals surface area contributed by atoms with Gasteiger partial charge in [0.2, 0.25) is 5.43 Å². The van der Waals surface area contributed by atoms with Crippen molar-refractivity contribution in [3.05, 3.63) is 100.0 Å². The van der Waals surface area contributed by atoms with E-state index >= 15 is 0 Å². The monoisotopic (exact) mass is 415 g/mol. The molecule has 0 aliphatic heterocycles. The Morgan fingerprint density at radius 2 is 1.52 bits per heavy atom. The number of aromatic nitrogens is 1. The molecule has 8 heteroatoms. The molecule has 152 valence electrons. The van der Waals surface area contributed by atoms with Gasteiger partial charge in [-0.05, 0) is 11.1 Å². The average Bonchev–Trinajstić information content (AvgIpc) is 2.72. The van der Waals surface area contributed by atoms with Gasteiger partial charge in [0.05, 0.1) is 18.6 Å². The predicted octanol–water partition coefficient (Wildman–Crippen LogP) is 2.40. The molecule has 0 atom stereocenters. The Hall–Kier alpha value is -2.94. The van der Waals surface area contributed by atoms with E-state index in [2.05, 4.69) is 0 Å². The molecule has 2 aromatic carbocycles. The highest BCUT2D eigenvalue weighted by molar-refractivity contribution is 7.85. The summed E-state index contributed by atoms with van der Waals surface area (Å²) in [4.78, 5) is 12.5. The van der Waals surface area contributed by atoms with Crippen molar-refractivity contribution >= 4 is 10.1 Å². The van der Waals surface area contributed by atoms with Crippen LogP contribution < -0.4 is 10.2 Å². The third kappa shape index (κ3) is 5.54. The quantitative estimate of drug-likeness (QED) is 0.547. The van der Waals surface area contributed by atoms with Crippen molar-refractivity contribution < 1.29 is 22.8 Å². The van der Waals surface area contributed by atoms with Gasteiger partial charge in [-0.25, -0.2) is 0 Å². The number of hydrogen-bond donors (Lipinski definition) is 2. The highest BCUT2D eigenvalue weighted by Gasteiger charge is 2.19. The predicted molar refractivity (Wildman–Crippen MR) is 108 cm³/mol. The summed E-state index contributed by atoms with van der Waals surface area (Å²) in [6.45, 7) is -0.589. The van der Waals surface area contributed by atoms with Crippen LogP contribution in [0.1, 0.15) is 22.9 Å². The van der Waals surface area contributed by atoms with Gasteiger partial charge in [0, 0.05) is 18.3 Å². The van der Waals surface area contributed by atoms with Crippen molar-refractivity contribution in [2.24, 2.45) is 0 Å². The first-order valence-electron chi connectivity index (χ1n) is 8.93. The van der Waals surface area contributed by atoms with Crippen molar-refractivity contribution in [2.75, 3.05) is 5.75 Å². The summed E-state index contributed by atoms with van der Waals surface area (Å²) in [6, 6.07) is 20.0. The molecule has 0 amide bonds. The number of hydrogen-bond acceptors (Lipinski definition) is 5. The van der Waals surface area contributed by atoms with E-state index in [0.717, 1.165) is 11.1 Å². The lowest BCUT2D eigenvalue weighted by Gasteiger charge is -2.21. The van der Waals surface area contributed by atoms with E-state index < -0.39 is 34.0 Å². The van der Waals surface area contributed by atoms with Crippen LogP contribution in [-0.2, 0) is 23.3 Å². The zero-order valence-electron chi connectivity index (χ0n) is 15.5. The Bertz CT molecular complexity index is 1070. The maximum atomic E-state index is 12.5. The van der Waals surface area contributed by atoms with E-state index in [1.54, 1.807) is 0 Å². The average molecular weight is 415 g/mol. The Morgan fingerprint density at radius 1 is 0.966 bits per heavy atom. The Morgan fingerprint density at radius 3 is 2.00 bits per heavy atom. The lowest BCUT2D eigenvalue weighted by Crippen LogP contribution is -2.21. The van der Waals surface area contributed by atoms with Gasteiger partial charge in [0.25, 0.3) is 10.1 Å². The molecule has 1 heterocycles.